The average Bonchev–Trinajstić information content (AvgIpc) is 3.44. The molecule has 8 heteroatoms. The van der Waals surface area contributed by atoms with Crippen molar-refractivity contribution in [2.75, 3.05) is 26.2 Å². The Morgan fingerprint density at radius 1 is 0.971 bits per heavy atom. The second-order valence-electron chi connectivity index (χ2n) is 7.92. The van der Waals surface area contributed by atoms with Gasteiger partial charge < -0.3 is 23.7 Å². The van der Waals surface area contributed by atoms with E-state index >= 15 is 0 Å². The van der Waals surface area contributed by atoms with Crippen LogP contribution in [0.1, 0.15) is 28.5 Å². The van der Waals surface area contributed by atoms with Gasteiger partial charge in [-0.25, -0.2) is 0 Å². The monoisotopic (exact) mass is 463 g/mol. The molecule has 4 rings (SSSR count). The van der Waals surface area contributed by atoms with Gasteiger partial charge in [0.2, 0.25) is 0 Å². The second kappa shape index (κ2) is 8.97. The highest BCUT2D eigenvalue weighted by atomic mass is 16.5. The van der Waals surface area contributed by atoms with Gasteiger partial charge in [0.15, 0.2) is 0 Å². The Morgan fingerprint density at radius 2 is 1.65 bits per heavy atom. The van der Waals surface area contributed by atoms with E-state index in [2.05, 4.69) is 0 Å². The number of furan rings is 1. The van der Waals surface area contributed by atoms with Crippen LogP contribution < -0.4 is 19.1 Å². The number of anilines is 1. The molecule has 0 radical (unpaired) electrons. The predicted molar refractivity (Wildman–Crippen MR) is 126 cm³/mol. The van der Waals surface area contributed by atoms with Gasteiger partial charge in [-0.2, -0.15) is 0 Å². The zero-order chi connectivity index (χ0) is 24.6. The van der Waals surface area contributed by atoms with Crippen molar-refractivity contribution >= 4 is 23.1 Å². The third kappa shape index (κ3) is 3.77. The third-order valence-electron chi connectivity index (χ3n) is 5.75. The number of ketones is 1. The molecule has 0 bridgehead atoms. The fourth-order valence-electron chi connectivity index (χ4n) is 4.29. The highest BCUT2D eigenvalue weighted by molar-refractivity contribution is 6.51. The minimum Gasteiger partial charge on any atom is -0.507 e. The molecule has 8 nitrogen and oxygen atoms in total. The number of amides is 1. The van der Waals surface area contributed by atoms with Gasteiger partial charge in [-0.15, -0.1) is 0 Å². The molecular weight excluding hydrogens is 438 g/mol. The number of aryl methyl sites for hydroxylation is 2. The largest absolute Gasteiger partial charge is 0.507 e. The minimum atomic E-state index is -1.02. The van der Waals surface area contributed by atoms with Gasteiger partial charge in [0.25, 0.3) is 11.7 Å². The number of aliphatic hydroxyl groups is 1. The van der Waals surface area contributed by atoms with E-state index in [1.165, 1.54) is 32.5 Å². The first-order chi connectivity index (χ1) is 16.3. The lowest BCUT2D eigenvalue weighted by atomic mass is 9.96. The summed E-state index contributed by atoms with van der Waals surface area (Å²) >= 11 is 0. The fraction of sp³-hybridized carbons (Fsp3) is 0.231. The highest BCUT2D eigenvalue weighted by Gasteiger charge is 2.48. The molecule has 0 saturated carbocycles. The first-order valence-electron chi connectivity index (χ1n) is 10.5. The van der Waals surface area contributed by atoms with Crippen LogP contribution >= 0.6 is 0 Å². The molecule has 0 aliphatic carbocycles. The molecule has 1 atom stereocenters. The average molecular weight is 463 g/mol. The van der Waals surface area contributed by atoms with Crippen molar-refractivity contribution in [1.82, 2.24) is 0 Å². The number of ether oxygens (including phenoxy) is 3. The van der Waals surface area contributed by atoms with Crippen molar-refractivity contribution in [2.24, 2.45) is 0 Å². The van der Waals surface area contributed by atoms with Crippen LogP contribution in [0.15, 0.2) is 58.7 Å². The molecule has 1 amide bonds. The maximum atomic E-state index is 13.3. The smallest absolute Gasteiger partial charge is 0.300 e. The van der Waals surface area contributed by atoms with Crippen molar-refractivity contribution in [1.29, 1.82) is 0 Å². The summed E-state index contributed by atoms with van der Waals surface area (Å²) in [5.41, 5.74) is 2.21. The van der Waals surface area contributed by atoms with Crippen LogP contribution in [0.2, 0.25) is 0 Å². The molecule has 1 fully saturated rings. The van der Waals surface area contributed by atoms with E-state index in [1.807, 2.05) is 19.9 Å². The summed E-state index contributed by atoms with van der Waals surface area (Å²) in [5.74, 6) is -0.415. The Kier molecular flexibility index (Phi) is 6.06. The van der Waals surface area contributed by atoms with Crippen LogP contribution in [0.4, 0.5) is 5.69 Å². The molecule has 2 aromatic carbocycles. The van der Waals surface area contributed by atoms with Crippen LogP contribution in [0.3, 0.4) is 0 Å². The number of carbonyl (C=O) groups excluding carboxylic acids is 2. The zero-order valence-corrected chi connectivity index (χ0v) is 19.5. The predicted octanol–water partition coefficient (Wildman–Crippen LogP) is 4.55. The van der Waals surface area contributed by atoms with E-state index in [-0.39, 0.29) is 11.3 Å². The number of rotatable bonds is 6. The topological polar surface area (TPSA) is 98.4 Å². The van der Waals surface area contributed by atoms with Crippen LogP contribution in [-0.2, 0) is 9.59 Å². The Hall–Kier alpha value is -4.20. The van der Waals surface area contributed by atoms with Crippen molar-refractivity contribution < 1.29 is 33.3 Å². The van der Waals surface area contributed by atoms with Crippen molar-refractivity contribution in [3.8, 4) is 17.2 Å². The second-order valence-corrected chi connectivity index (χ2v) is 7.92. The maximum absolute atomic E-state index is 13.3. The van der Waals surface area contributed by atoms with E-state index < -0.39 is 17.7 Å². The van der Waals surface area contributed by atoms with Crippen molar-refractivity contribution in [2.45, 2.75) is 19.9 Å². The summed E-state index contributed by atoms with van der Waals surface area (Å²) in [6.07, 6.45) is 1.44. The molecule has 1 saturated heterocycles. The van der Waals surface area contributed by atoms with Crippen molar-refractivity contribution in [3.63, 3.8) is 0 Å². The van der Waals surface area contributed by atoms with Crippen LogP contribution in [-0.4, -0.2) is 38.1 Å². The molecule has 2 heterocycles. The normalized spacial score (nSPS) is 17.2. The summed E-state index contributed by atoms with van der Waals surface area (Å²) in [6, 6.07) is 10.8. The lowest BCUT2D eigenvalue weighted by Gasteiger charge is -2.24. The lowest BCUT2D eigenvalue weighted by Crippen LogP contribution is -2.29. The van der Waals surface area contributed by atoms with E-state index in [0.29, 0.717) is 34.3 Å². The number of nitrogens with zero attached hydrogens (tertiary/aromatic N) is 1. The lowest BCUT2D eigenvalue weighted by molar-refractivity contribution is -0.132. The molecule has 1 aromatic heterocycles. The number of carbonyl (C=O) groups is 2. The number of benzene rings is 2. The number of methoxy groups -OCH3 is 3. The van der Waals surface area contributed by atoms with Crippen LogP contribution in [0.25, 0.3) is 5.76 Å². The molecule has 0 spiro atoms. The summed E-state index contributed by atoms with van der Waals surface area (Å²) < 4.78 is 21.8. The van der Waals surface area contributed by atoms with E-state index in [9.17, 15) is 14.7 Å². The summed E-state index contributed by atoms with van der Waals surface area (Å²) in [4.78, 5) is 27.9. The maximum Gasteiger partial charge on any atom is 0.300 e. The number of hydrogen-bond donors (Lipinski definition) is 1. The molecule has 1 N–H and O–H groups in total. The van der Waals surface area contributed by atoms with Gasteiger partial charge in [-0.05, 0) is 43.2 Å². The molecular formula is C26H25NO7. The van der Waals surface area contributed by atoms with Gasteiger partial charge in [0.05, 0.1) is 44.4 Å². The molecule has 176 valence electrons. The fourth-order valence-corrected chi connectivity index (χ4v) is 4.29. The number of Topliss-reactive ketones (excluding diaryl/α,β-unsaturated/α-hetero) is 1. The van der Waals surface area contributed by atoms with E-state index in [0.717, 1.165) is 11.1 Å². The summed E-state index contributed by atoms with van der Waals surface area (Å²) in [7, 11) is 4.46. The third-order valence-corrected chi connectivity index (χ3v) is 5.75. The molecule has 1 aliphatic heterocycles. The van der Waals surface area contributed by atoms with Gasteiger partial charge in [0, 0.05) is 18.2 Å². The quantitative estimate of drug-likeness (QED) is 0.325. The van der Waals surface area contributed by atoms with Gasteiger partial charge in [-0.1, -0.05) is 6.07 Å². The van der Waals surface area contributed by atoms with Crippen molar-refractivity contribution in [3.05, 3.63) is 76.8 Å². The first-order valence-corrected chi connectivity index (χ1v) is 10.5. The highest BCUT2D eigenvalue weighted by Crippen LogP contribution is 2.45. The Morgan fingerprint density at radius 3 is 2.21 bits per heavy atom. The number of aliphatic hydroxyl groups excluding tert-OH is 1. The molecule has 34 heavy (non-hydrogen) atoms. The Balaban J connectivity index is 1.99. The zero-order valence-electron chi connectivity index (χ0n) is 19.5. The minimum absolute atomic E-state index is 0.106. The molecule has 1 unspecified atom stereocenters. The van der Waals surface area contributed by atoms with Gasteiger partial charge in [-0.3, -0.25) is 14.5 Å². The van der Waals surface area contributed by atoms with E-state index in [4.69, 9.17) is 18.6 Å². The summed E-state index contributed by atoms with van der Waals surface area (Å²) in [5, 5.41) is 11.4. The summed E-state index contributed by atoms with van der Waals surface area (Å²) in [6.45, 7) is 3.71. The first kappa shape index (κ1) is 23.0. The van der Waals surface area contributed by atoms with Gasteiger partial charge in [0.1, 0.15) is 34.8 Å². The SMILES string of the molecule is COc1cc(OC)cc(N2C(=O)C(=O)/C(=C(\O)c3cc(C)cc(C)c3OC)C2c2ccco2)c1. The van der Waals surface area contributed by atoms with E-state index in [1.54, 1.807) is 36.4 Å². The van der Waals surface area contributed by atoms with Crippen LogP contribution in [0, 0.1) is 13.8 Å². The number of hydrogen-bond acceptors (Lipinski definition) is 7. The van der Waals surface area contributed by atoms with Crippen LogP contribution in [0.5, 0.6) is 17.2 Å². The Bertz CT molecular complexity index is 1270. The molecule has 1 aliphatic rings. The standard InChI is InChI=1S/C26H25NO7/c1-14-9-15(2)25(33-5)19(10-14)23(28)21-22(20-7-6-8-34-20)27(26(30)24(21)29)16-11-17(31-3)13-18(12-16)32-4/h6-13,22,28H,1-5H3/b23-21-. The molecule has 3 aromatic rings. The van der Waals surface area contributed by atoms with Gasteiger partial charge >= 0.3 is 0 Å². The Labute approximate surface area is 197 Å².